The van der Waals surface area contributed by atoms with Crippen LogP contribution in [0.5, 0.6) is 0 Å². The maximum Gasteiger partial charge on any atom is 0.263 e. The zero-order valence-electron chi connectivity index (χ0n) is 13.0. The van der Waals surface area contributed by atoms with Crippen LogP contribution in [0.3, 0.4) is 0 Å². The Morgan fingerprint density at radius 2 is 1.70 bits per heavy atom. The molecule has 1 aromatic rings. The predicted molar refractivity (Wildman–Crippen MR) is 87.0 cm³/mol. The van der Waals surface area contributed by atoms with E-state index in [1.165, 1.54) is 0 Å². The molecule has 0 fully saturated rings. The largest absolute Gasteiger partial charge is 0.273 e. The van der Waals surface area contributed by atoms with Gasteiger partial charge in [-0.2, -0.15) is 0 Å². The second-order valence-corrected chi connectivity index (χ2v) is 5.19. The Balaban J connectivity index is 0.00000264. The number of amides is 3. The van der Waals surface area contributed by atoms with Crippen molar-refractivity contribution in [3.63, 3.8) is 0 Å². The lowest BCUT2D eigenvalue weighted by molar-refractivity contribution is -0.136. The molecule has 2 rings (SSSR count). The van der Waals surface area contributed by atoms with Crippen LogP contribution in [0.1, 0.15) is 59.7 Å². The van der Waals surface area contributed by atoms with E-state index in [9.17, 15) is 14.4 Å². The minimum absolute atomic E-state index is 0. The Labute approximate surface area is 141 Å². The van der Waals surface area contributed by atoms with E-state index in [0.29, 0.717) is 17.5 Å². The molecule has 0 aliphatic carbocycles. The third-order valence-electron chi connectivity index (χ3n) is 3.52. The van der Waals surface area contributed by atoms with Crippen LogP contribution in [0.15, 0.2) is 24.3 Å². The minimum atomic E-state index is -0.405. The number of carbonyl (C=O) groups is 3. The highest BCUT2D eigenvalue weighted by atomic mass is 35.5. The topological polar surface area (TPSA) is 75.7 Å². The first-order valence-corrected chi connectivity index (χ1v) is 7.51. The van der Waals surface area contributed by atoms with Crippen molar-refractivity contribution in [1.29, 1.82) is 0 Å². The van der Waals surface area contributed by atoms with Crippen LogP contribution in [0.25, 0.3) is 0 Å². The third kappa shape index (κ3) is 4.77. The number of nitrogens with zero attached hydrogens (tertiary/aromatic N) is 1. The van der Waals surface area contributed by atoms with Crippen molar-refractivity contribution in [2.24, 2.45) is 0 Å². The maximum atomic E-state index is 12.0. The average Bonchev–Trinajstić information content (AvgIpc) is 2.77. The zero-order valence-corrected chi connectivity index (χ0v) is 13.9. The zero-order chi connectivity index (χ0) is 15.9. The molecule has 3 amide bonds. The number of rotatable bonds is 8. The van der Waals surface area contributed by atoms with E-state index in [1.54, 1.807) is 24.3 Å². The molecule has 23 heavy (non-hydrogen) atoms. The van der Waals surface area contributed by atoms with Crippen LogP contribution in [0, 0.1) is 0 Å². The van der Waals surface area contributed by atoms with E-state index >= 15 is 0 Å². The minimum Gasteiger partial charge on any atom is -0.273 e. The van der Waals surface area contributed by atoms with Gasteiger partial charge in [0.15, 0.2) is 6.73 Å². The second kappa shape index (κ2) is 9.27. The van der Waals surface area contributed by atoms with Gasteiger partial charge in [0.2, 0.25) is 5.91 Å². The highest BCUT2D eigenvalue weighted by Crippen LogP contribution is 2.21. The standard InChI is InChI=1S/C16H20N2O4.ClH/c1-2-3-4-5-10-14(19)17-22-11-18-15(20)12-8-6-7-9-13(12)16(18)21;/h6-9H,2-5,10-11H2,1H3,(H,17,19);1H. The number of unbranched alkanes of at least 4 members (excludes halogenated alkanes) is 3. The van der Waals surface area contributed by atoms with Crippen LogP contribution in [0.2, 0.25) is 0 Å². The molecule has 1 heterocycles. The van der Waals surface area contributed by atoms with E-state index < -0.39 is 11.8 Å². The Hall–Kier alpha value is -1.92. The molecule has 126 valence electrons. The smallest absolute Gasteiger partial charge is 0.263 e. The van der Waals surface area contributed by atoms with Crippen molar-refractivity contribution in [3.8, 4) is 0 Å². The van der Waals surface area contributed by atoms with Gasteiger partial charge in [-0.3, -0.25) is 19.2 Å². The number of fused-ring (bicyclic) bond motifs is 1. The third-order valence-corrected chi connectivity index (χ3v) is 3.52. The van der Waals surface area contributed by atoms with Crippen LogP contribution in [-0.2, 0) is 9.63 Å². The lowest BCUT2D eigenvalue weighted by Gasteiger charge is -2.13. The Morgan fingerprint density at radius 1 is 1.09 bits per heavy atom. The van der Waals surface area contributed by atoms with Crippen LogP contribution >= 0.6 is 12.4 Å². The molecule has 0 spiro atoms. The van der Waals surface area contributed by atoms with Gasteiger partial charge in [0.1, 0.15) is 0 Å². The molecule has 0 saturated carbocycles. The first-order chi connectivity index (χ1) is 10.6. The molecular weight excluding hydrogens is 320 g/mol. The van der Waals surface area contributed by atoms with Gasteiger partial charge in [0.05, 0.1) is 11.1 Å². The molecule has 0 saturated heterocycles. The van der Waals surface area contributed by atoms with Gasteiger partial charge in [-0.15, -0.1) is 12.4 Å². The van der Waals surface area contributed by atoms with E-state index in [2.05, 4.69) is 12.4 Å². The maximum absolute atomic E-state index is 12.0. The highest BCUT2D eigenvalue weighted by Gasteiger charge is 2.35. The van der Waals surface area contributed by atoms with E-state index in [4.69, 9.17) is 4.84 Å². The van der Waals surface area contributed by atoms with Crippen molar-refractivity contribution in [3.05, 3.63) is 35.4 Å². The molecule has 7 heteroatoms. The number of carbonyl (C=O) groups excluding carboxylic acids is 3. The van der Waals surface area contributed by atoms with E-state index in [0.717, 1.165) is 30.6 Å². The number of hydrogen-bond donors (Lipinski definition) is 1. The molecule has 0 unspecified atom stereocenters. The summed E-state index contributed by atoms with van der Waals surface area (Å²) < 4.78 is 0. The molecular formula is C16H21ClN2O4. The molecule has 1 aliphatic heterocycles. The molecule has 0 atom stereocenters. The summed E-state index contributed by atoms with van der Waals surface area (Å²) in [5.74, 6) is -1.05. The van der Waals surface area contributed by atoms with Crippen LogP contribution in [0.4, 0.5) is 0 Å². The molecule has 1 aliphatic rings. The van der Waals surface area contributed by atoms with E-state index in [1.807, 2.05) is 0 Å². The average molecular weight is 341 g/mol. The molecule has 6 nitrogen and oxygen atoms in total. The van der Waals surface area contributed by atoms with Gasteiger partial charge in [0, 0.05) is 6.42 Å². The van der Waals surface area contributed by atoms with Gasteiger partial charge in [0.25, 0.3) is 11.8 Å². The summed E-state index contributed by atoms with van der Waals surface area (Å²) >= 11 is 0. The number of imide groups is 1. The Morgan fingerprint density at radius 3 is 2.26 bits per heavy atom. The summed E-state index contributed by atoms with van der Waals surface area (Å²) in [5.41, 5.74) is 3.00. The number of halogens is 1. The van der Waals surface area contributed by atoms with Gasteiger partial charge in [-0.25, -0.2) is 10.4 Å². The summed E-state index contributed by atoms with van der Waals surface area (Å²) in [5, 5.41) is 0. The van der Waals surface area contributed by atoms with Crippen molar-refractivity contribution < 1.29 is 19.2 Å². The first kappa shape index (κ1) is 19.1. The fourth-order valence-electron chi connectivity index (χ4n) is 2.30. The monoisotopic (exact) mass is 340 g/mol. The second-order valence-electron chi connectivity index (χ2n) is 5.19. The summed E-state index contributed by atoms with van der Waals surface area (Å²) in [6, 6.07) is 6.60. The van der Waals surface area contributed by atoms with Crippen molar-refractivity contribution in [2.45, 2.75) is 39.0 Å². The van der Waals surface area contributed by atoms with Gasteiger partial charge < -0.3 is 0 Å². The summed E-state index contributed by atoms with van der Waals surface area (Å²) in [6.07, 6.45) is 4.39. The van der Waals surface area contributed by atoms with Crippen molar-refractivity contribution in [1.82, 2.24) is 10.4 Å². The quantitative estimate of drug-likeness (QED) is 0.448. The summed E-state index contributed by atoms with van der Waals surface area (Å²) in [4.78, 5) is 41.6. The Kier molecular flexibility index (Phi) is 7.71. The van der Waals surface area contributed by atoms with Crippen molar-refractivity contribution in [2.75, 3.05) is 6.73 Å². The number of benzene rings is 1. The molecule has 0 bridgehead atoms. The number of hydrogen-bond acceptors (Lipinski definition) is 4. The molecule has 1 aromatic carbocycles. The number of hydroxylamine groups is 1. The lowest BCUT2D eigenvalue weighted by Crippen LogP contribution is -2.36. The molecule has 0 radical (unpaired) electrons. The lowest BCUT2D eigenvalue weighted by atomic mass is 10.1. The fraction of sp³-hybridized carbons (Fsp3) is 0.438. The van der Waals surface area contributed by atoms with Gasteiger partial charge in [-0.05, 0) is 18.6 Å². The Bertz CT molecular complexity index is 542. The van der Waals surface area contributed by atoms with Crippen molar-refractivity contribution >= 4 is 30.1 Å². The van der Waals surface area contributed by atoms with Gasteiger partial charge >= 0.3 is 0 Å². The van der Waals surface area contributed by atoms with Gasteiger partial charge in [-0.1, -0.05) is 38.3 Å². The van der Waals surface area contributed by atoms with E-state index in [-0.39, 0.29) is 25.0 Å². The van der Waals surface area contributed by atoms with Crippen LogP contribution in [-0.4, -0.2) is 29.4 Å². The normalized spacial score (nSPS) is 12.8. The predicted octanol–water partition coefficient (Wildman–Crippen LogP) is 2.68. The number of nitrogens with one attached hydrogen (secondary N) is 1. The summed E-state index contributed by atoms with van der Waals surface area (Å²) in [7, 11) is 0. The SMILES string of the molecule is CCCCCCC(=O)NOCN1C(=O)c2ccccc2C1=O.Cl. The highest BCUT2D eigenvalue weighted by molar-refractivity contribution is 6.21. The summed E-state index contributed by atoms with van der Waals surface area (Å²) in [6.45, 7) is 1.82. The van der Waals surface area contributed by atoms with Crippen LogP contribution < -0.4 is 5.48 Å². The molecule has 0 aromatic heterocycles. The fourth-order valence-corrected chi connectivity index (χ4v) is 2.30. The molecule has 1 N–H and O–H groups in total. The first-order valence-electron chi connectivity index (χ1n) is 7.51.